The highest BCUT2D eigenvalue weighted by molar-refractivity contribution is 6.00. The quantitative estimate of drug-likeness (QED) is 0.891. The van der Waals surface area contributed by atoms with Crippen molar-refractivity contribution >= 4 is 17.5 Å². The normalized spacial score (nSPS) is 16.8. The van der Waals surface area contributed by atoms with E-state index in [1.165, 1.54) is 0 Å². The molecule has 0 aliphatic carbocycles. The molecule has 1 atom stereocenters. The number of benzene rings is 1. The summed E-state index contributed by atoms with van der Waals surface area (Å²) in [6.07, 6.45) is 1.87. The molecule has 1 N–H and O–H groups in total. The van der Waals surface area contributed by atoms with E-state index in [2.05, 4.69) is 15.3 Å². The molecule has 2 heterocycles. The maximum absolute atomic E-state index is 12.4. The summed E-state index contributed by atoms with van der Waals surface area (Å²) in [7, 11) is 1.59. The average Bonchev–Trinajstić information content (AvgIpc) is 3.02. The standard InChI is InChI=1S/C18H20N4O3/c1-12-19-8-7-14(21-12)10-20-18(24)13-9-17(23)22(11-13)15-3-5-16(25-2)6-4-15/h3-8,13H,9-11H2,1-2H3,(H,20,24)/t13-/m0/s1. The predicted octanol–water partition coefficient (Wildman–Crippen LogP) is 1.46. The van der Waals surface area contributed by atoms with E-state index in [4.69, 9.17) is 4.74 Å². The molecular formula is C18H20N4O3. The third-order valence-corrected chi connectivity index (χ3v) is 4.16. The summed E-state index contributed by atoms with van der Waals surface area (Å²) in [5.41, 5.74) is 1.52. The molecule has 1 saturated heterocycles. The average molecular weight is 340 g/mol. The van der Waals surface area contributed by atoms with Crippen LogP contribution >= 0.6 is 0 Å². The molecule has 0 radical (unpaired) electrons. The minimum absolute atomic E-state index is 0.0526. The van der Waals surface area contributed by atoms with Gasteiger partial charge in [0, 0.05) is 24.8 Å². The molecule has 1 fully saturated rings. The molecule has 7 heteroatoms. The molecule has 1 aliphatic rings. The van der Waals surface area contributed by atoms with Gasteiger partial charge in [-0.2, -0.15) is 0 Å². The number of rotatable bonds is 5. The number of aryl methyl sites for hydroxylation is 1. The van der Waals surface area contributed by atoms with Gasteiger partial charge < -0.3 is 15.0 Å². The van der Waals surface area contributed by atoms with Gasteiger partial charge in [-0.25, -0.2) is 9.97 Å². The lowest BCUT2D eigenvalue weighted by atomic mass is 10.1. The van der Waals surface area contributed by atoms with Crippen LogP contribution in [0.2, 0.25) is 0 Å². The van der Waals surface area contributed by atoms with Crippen molar-refractivity contribution in [2.24, 2.45) is 5.92 Å². The monoisotopic (exact) mass is 340 g/mol. The Bertz CT molecular complexity index is 776. The summed E-state index contributed by atoms with van der Waals surface area (Å²) >= 11 is 0. The second kappa shape index (κ2) is 7.29. The van der Waals surface area contributed by atoms with E-state index in [0.717, 1.165) is 17.1 Å². The van der Waals surface area contributed by atoms with Crippen LogP contribution in [0.15, 0.2) is 36.5 Å². The molecule has 130 valence electrons. The Morgan fingerprint density at radius 1 is 1.32 bits per heavy atom. The molecule has 2 aromatic rings. The third kappa shape index (κ3) is 3.93. The summed E-state index contributed by atoms with van der Waals surface area (Å²) in [5.74, 6) is 0.833. The van der Waals surface area contributed by atoms with Crippen LogP contribution in [-0.4, -0.2) is 35.4 Å². The number of hydrogen-bond acceptors (Lipinski definition) is 5. The molecular weight excluding hydrogens is 320 g/mol. The van der Waals surface area contributed by atoms with Crippen LogP contribution in [0.4, 0.5) is 5.69 Å². The molecule has 1 aromatic heterocycles. The summed E-state index contributed by atoms with van der Waals surface area (Å²) in [6, 6.07) is 9.00. The van der Waals surface area contributed by atoms with E-state index in [1.54, 1.807) is 43.3 Å². The van der Waals surface area contributed by atoms with E-state index >= 15 is 0 Å². The van der Waals surface area contributed by atoms with Crippen LogP contribution in [-0.2, 0) is 16.1 Å². The Morgan fingerprint density at radius 3 is 2.76 bits per heavy atom. The van der Waals surface area contributed by atoms with Gasteiger partial charge in [0.2, 0.25) is 11.8 Å². The first-order valence-corrected chi connectivity index (χ1v) is 8.07. The fourth-order valence-corrected chi connectivity index (χ4v) is 2.82. The van der Waals surface area contributed by atoms with Gasteiger partial charge in [-0.1, -0.05) is 0 Å². The summed E-state index contributed by atoms with van der Waals surface area (Å²) in [4.78, 5) is 34.5. The molecule has 3 rings (SSSR count). The number of hydrogen-bond donors (Lipinski definition) is 1. The Hall–Kier alpha value is -2.96. The molecule has 1 aromatic carbocycles. The zero-order valence-electron chi connectivity index (χ0n) is 14.2. The SMILES string of the molecule is COc1ccc(N2C[C@@H](C(=O)NCc3ccnc(C)n3)CC2=O)cc1. The number of carbonyl (C=O) groups is 2. The van der Waals surface area contributed by atoms with Crippen LogP contribution in [0, 0.1) is 12.8 Å². The highest BCUT2D eigenvalue weighted by atomic mass is 16.5. The van der Waals surface area contributed by atoms with Gasteiger partial charge in [0.05, 0.1) is 25.3 Å². The third-order valence-electron chi connectivity index (χ3n) is 4.16. The second-order valence-electron chi connectivity index (χ2n) is 5.92. The minimum Gasteiger partial charge on any atom is -0.497 e. The number of nitrogens with one attached hydrogen (secondary N) is 1. The van der Waals surface area contributed by atoms with Gasteiger partial charge in [-0.15, -0.1) is 0 Å². The van der Waals surface area contributed by atoms with Gasteiger partial charge in [0.15, 0.2) is 0 Å². The van der Waals surface area contributed by atoms with Crippen LogP contribution in [0.5, 0.6) is 5.75 Å². The first-order chi connectivity index (χ1) is 12.1. The van der Waals surface area contributed by atoms with Crippen LogP contribution in [0.1, 0.15) is 17.9 Å². The van der Waals surface area contributed by atoms with E-state index in [-0.39, 0.29) is 24.2 Å². The van der Waals surface area contributed by atoms with Crippen molar-refractivity contribution in [2.45, 2.75) is 19.9 Å². The number of anilines is 1. The Kier molecular flexibility index (Phi) is 4.92. The smallest absolute Gasteiger partial charge is 0.227 e. The molecule has 25 heavy (non-hydrogen) atoms. The van der Waals surface area contributed by atoms with Gasteiger partial charge in [-0.3, -0.25) is 9.59 Å². The van der Waals surface area contributed by atoms with Gasteiger partial charge in [0.1, 0.15) is 11.6 Å². The van der Waals surface area contributed by atoms with Crippen molar-refractivity contribution in [3.63, 3.8) is 0 Å². The van der Waals surface area contributed by atoms with Crippen molar-refractivity contribution < 1.29 is 14.3 Å². The first-order valence-electron chi connectivity index (χ1n) is 8.07. The van der Waals surface area contributed by atoms with Crippen molar-refractivity contribution in [1.82, 2.24) is 15.3 Å². The number of carbonyl (C=O) groups excluding carboxylic acids is 2. The summed E-state index contributed by atoms with van der Waals surface area (Å²) in [6.45, 7) is 2.50. The maximum atomic E-state index is 12.4. The Balaban J connectivity index is 1.60. The number of aromatic nitrogens is 2. The van der Waals surface area contributed by atoms with Crippen LogP contribution in [0.25, 0.3) is 0 Å². The maximum Gasteiger partial charge on any atom is 0.227 e. The minimum atomic E-state index is -0.363. The lowest BCUT2D eigenvalue weighted by Gasteiger charge is -2.17. The second-order valence-corrected chi connectivity index (χ2v) is 5.92. The molecule has 1 aliphatic heterocycles. The zero-order valence-corrected chi connectivity index (χ0v) is 14.2. The largest absolute Gasteiger partial charge is 0.497 e. The highest BCUT2D eigenvalue weighted by Crippen LogP contribution is 2.26. The summed E-state index contributed by atoms with van der Waals surface area (Å²) < 4.78 is 5.12. The molecule has 0 unspecified atom stereocenters. The first kappa shape index (κ1) is 16.9. The molecule has 0 bridgehead atoms. The van der Waals surface area contributed by atoms with Gasteiger partial charge >= 0.3 is 0 Å². The Labute approximate surface area is 146 Å². The summed E-state index contributed by atoms with van der Waals surface area (Å²) in [5, 5.41) is 2.85. The molecule has 0 spiro atoms. The van der Waals surface area contributed by atoms with E-state index < -0.39 is 0 Å². The van der Waals surface area contributed by atoms with Crippen molar-refractivity contribution in [3.05, 3.63) is 48.0 Å². The molecule has 7 nitrogen and oxygen atoms in total. The van der Waals surface area contributed by atoms with Gasteiger partial charge in [-0.05, 0) is 37.3 Å². The number of amides is 2. The van der Waals surface area contributed by atoms with Crippen molar-refractivity contribution in [2.75, 3.05) is 18.6 Å². The van der Waals surface area contributed by atoms with E-state index in [1.807, 2.05) is 12.1 Å². The zero-order chi connectivity index (χ0) is 17.8. The predicted molar refractivity (Wildman–Crippen MR) is 92.1 cm³/mol. The number of ether oxygens (including phenoxy) is 1. The topological polar surface area (TPSA) is 84.4 Å². The highest BCUT2D eigenvalue weighted by Gasteiger charge is 2.35. The van der Waals surface area contributed by atoms with Crippen LogP contribution < -0.4 is 15.0 Å². The fraction of sp³-hybridized carbons (Fsp3) is 0.333. The molecule has 2 amide bonds. The van der Waals surface area contributed by atoms with Crippen molar-refractivity contribution in [1.29, 1.82) is 0 Å². The van der Waals surface area contributed by atoms with Crippen molar-refractivity contribution in [3.8, 4) is 5.75 Å². The lowest BCUT2D eigenvalue weighted by Crippen LogP contribution is -2.32. The van der Waals surface area contributed by atoms with E-state index in [0.29, 0.717) is 18.9 Å². The fourth-order valence-electron chi connectivity index (χ4n) is 2.82. The Morgan fingerprint density at radius 2 is 2.08 bits per heavy atom. The molecule has 0 saturated carbocycles. The number of nitrogens with zero attached hydrogens (tertiary/aromatic N) is 3. The van der Waals surface area contributed by atoms with E-state index in [9.17, 15) is 9.59 Å². The lowest BCUT2D eigenvalue weighted by molar-refractivity contribution is -0.126. The number of methoxy groups -OCH3 is 1. The van der Waals surface area contributed by atoms with Crippen LogP contribution in [0.3, 0.4) is 0 Å². The van der Waals surface area contributed by atoms with Gasteiger partial charge in [0.25, 0.3) is 0 Å².